The Morgan fingerprint density at radius 2 is 2.29 bits per heavy atom. The summed E-state index contributed by atoms with van der Waals surface area (Å²) in [5.74, 6) is 0. The molecule has 3 N–H and O–H groups in total. The molecule has 1 heterocycles. The number of fused-ring (bicyclic) bond motifs is 1. The molecule has 2 aromatic rings. The molecule has 14 heavy (non-hydrogen) atoms. The highest BCUT2D eigenvalue weighted by Gasteiger charge is 2.09. The molecule has 2 rings (SSSR count). The summed E-state index contributed by atoms with van der Waals surface area (Å²) in [6, 6.07) is 2.98. The first kappa shape index (κ1) is 9.85. The summed E-state index contributed by atoms with van der Waals surface area (Å²) < 4.78 is 20.4. The van der Waals surface area contributed by atoms with Crippen molar-refractivity contribution in [2.75, 3.05) is 5.73 Å². The Morgan fingerprint density at radius 1 is 1.57 bits per heavy atom. The molecular weight excluding hydrogens is 244 g/mol. The fourth-order valence-corrected chi connectivity index (χ4v) is 2.78. The first-order chi connectivity index (χ1) is 6.58. The fourth-order valence-electron chi connectivity index (χ4n) is 1.08. The van der Waals surface area contributed by atoms with Gasteiger partial charge in [0.1, 0.15) is 5.52 Å². The molecule has 0 aliphatic heterocycles. The van der Waals surface area contributed by atoms with Gasteiger partial charge in [0.15, 0.2) is 16.2 Å². The lowest BCUT2D eigenvalue weighted by molar-refractivity contribution is 0.564. The molecule has 0 amide bonds. The van der Waals surface area contributed by atoms with Crippen LogP contribution in [0, 0.1) is 0 Å². The van der Waals surface area contributed by atoms with Gasteiger partial charge in [-0.15, -0.1) is 0 Å². The van der Waals surface area contributed by atoms with Gasteiger partial charge in [-0.1, -0.05) is 22.9 Å². The van der Waals surface area contributed by atoms with E-state index in [2.05, 4.69) is 4.98 Å². The largest absolute Gasteiger partial charge is 0.375 e. The van der Waals surface area contributed by atoms with Crippen molar-refractivity contribution in [1.29, 1.82) is 0 Å². The van der Waals surface area contributed by atoms with Crippen LogP contribution in [0.1, 0.15) is 0 Å². The van der Waals surface area contributed by atoms with Crippen LogP contribution in [0.2, 0.25) is 5.02 Å². The number of anilines is 1. The molecule has 0 aliphatic carbocycles. The minimum absolute atomic E-state index is 0.256. The van der Waals surface area contributed by atoms with Crippen LogP contribution in [0.3, 0.4) is 0 Å². The summed E-state index contributed by atoms with van der Waals surface area (Å²) in [7, 11) is 0. The fraction of sp³-hybridized carbons (Fsp3) is 0. The Morgan fingerprint density at radius 3 is 2.93 bits per heavy atom. The Balaban J connectivity index is 2.77. The lowest BCUT2D eigenvalue weighted by Gasteiger charge is -1.96. The molecule has 1 unspecified atom stereocenters. The molecule has 0 saturated carbocycles. The summed E-state index contributed by atoms with van der Waals surface area (Å²) in [5.41, 5.74) is 6.07. The maximum Gasteiger partial charge on any atom is 0.186 e. The molecule has 1 atom stereocenters. The molecule has 1 aromatic carbocycles. The van der Waals surface area contributed by atoms with Crippen molar-refractivity contribution in [3.05, 3.63) is 17.2 Å². The molecule has 4 nitrogen and oxygen atoms in total. The van der Waals surface area contributed by atoms with E-state index in [1.54, 1.807) is 6.07 Å². The number of nitrogen functional groups attached to an aromatic ring is 1. The van der Waals surface area contributed by atoms with E-state index in [4.69, 9.17) is 21.9 Å². The van der Waals surface area contributed by atoms with Gasteiger partial charge in [0.25, 0.3) is 0 Å². The Kier molecular flexibility index (Phi) is 2.44. The van der Waals surface area contributed by atoms with Gasteiger partial charge in [0.05, 0.1) is 14.6 Å². The summed E-state index contributed by atoms with van der Waals surface area (Å²) in [4.78, 5) is 4.25. The minimum Gasteiger partial charge on any atom is -0.375 e. The molecule has 0 radical (unpaired) electrons. The van der Waals surface area contributed by atoms with Crippen molar-refractivity contribution >= 4 is 49.4 Å². The summed E-state index contributed by atoms with van der Waals surface area (Å²) in [6.45, 7) is 0. The quantitative estimate of drug-likeness (QED) is 0.758. The zero-order valence-corrected chi connectivity index (χ0v) is 9.12. The Labute approximate surface area is 91.0 Å². The second-order valence-corrected chi connectivity index (χ2v) is 4.99. The van der Waals surface area contributed by atoms with Gasteiger partial charge in [0, 0.05) is 0 Å². The number of thiazole rings is 1. The van der Waals surface area contributed by atoms with Gasteiger partial charge in [0.2, 0.25) is 0 Å². The van der Waals surface area contributed by atoms with Crippen molar-refractivity contribution in [1.82, 2.24) is 4.98 Å². The molecule has 0 spiro atoms. The van der Waals surface area contributed by atoms with Gasteiger partial charge < -0.3 is 10.3 Å². The van der Waals surface area contributed by atoms with Crippen molar-refractivity contribution in [3.63, 3.8) is 0 Å². The van der Waals surface area contributed by atoms with Crippen molar-refractivity contribution in [2.24, 2.45) is 0 Å². The SMILES string of the molecule is Nc1nc2c(Cl)cc(S(=O)O)cc2s1. The number of rotatable bonds is 1. The van der Waals surface area contributed by atoms with Crippen LogP contribution in [0.4, 0.5) is 5.13 Å². The number of aromatic nitrogens is 1. The third-order valence-electron chi connectivity index (χ3n) is 1.64. The van der Waals surface area contributed by atoms with Crippen molar-refractivity contribution in [2.45, 2.75) is 4.90 Å². The first-order valence-electron chi connectivity index (χ1n) is 3.54. The number of halogens is 1. The maximum absolute atomic E-state index is 10.8. The number of nitrogens with two attached hydrogens (primary N) is 1. The molecule has 0 aliphatic rings. The number of benzene rings is 1. The third kappa shape index (κ3) is 1.61. The minimum atomic E-state index is -2.03. The topological polar surface area (TPSA) is 76.2 Å². The summed E-state index contributed by atoms with van der Waals surface area (Å²) in [5, 5.41) is 0.732. The summed E-state index contributed by atoms with van der Waals surface area (Å²) in [6.07, 6.45) is 0. The molecular formula is C7H5ClN2O2S2. The van der Waals surface area contributed by atoms with Gasteiger partial charge >= 0.3 is 0 Å². The van der Waals surface area contributed by atoms with E-state index in [0.29, 0.717) is 20.4 Å². The van der Waals surface area contributed by atoms with Crippen molar-refractivity contribution in [3.8, 4) is 0 Å². The zero-order valence-electron chi connectivity index (χ0n) is 6.73. The molecule has 0 bridgehead atoms. The lowest BCUT2D eigenvalue weighted by atomic mass is 10.3. The standard InChI is InChI=1S/C7H5ClN2O2S2/c8-4-1-3(14(11)12)2-5-6(4)10-7(9)13-5/h1-2H,(H2,9,10)(H,11,12). The van der Waals surface area contributed by atoms with E-state index >= 15 is 0 Å². The van der Waals surface area contributed by atoms with Crippen LogP contribution in [0.25, 0.3) is 10.2 Å². The predicted molar refractivity (Wildman–Crippen MR) is 58.1 cm³/mol. The molecule has 7 heteroatoms. The van der Waals surface area contributed by atoms with E-state index in [0.717, 1.165) is 0 Å². The van der Waals surface area contributed by atoms with Crippen molar-refractivity contribution < 1.29 is 8.76 Å². The van der Waals surface area contributed by atoms with E-state index in [-0.39, 0.29) is 4.90 Å². The first-order valence-corrected chi connectivity index (χ1v) is 5.84. The second kappa shape index (κ2) is 3.47. The van der Waals surface area contributed by atoms with Gasteiger partial charge in [-0.25, -0.2) is 9.19 Å². The average molecular weight is 249 g/mol. The average Bonchev–Trinajstić information content (AvgIpc) is 2.45. The molecule has 1 aromatic heterocycles. The Hall–Kier alpha value is -0.690. The maximum atomic E-state index is 10.8. The van der Waals surface area contributed by atoms with Gasteiger partial charge in [-0.3, -0.25) is 0 Å². The van der Waals surface area contributed by atoms with E-state index in [9.17, 15) is 4.21 Å². The normalized spacial score (nSPS) is 13.3. The van der Waals surface area contributed by atoms with E-state index in [1.807, 2.05) is 0 Å². The Bertz CT molecular complexity index is 526. The van der Waals surface area contributed by atoms with Crippen LogP contribution < -0.4 is 5.73 Å². The predicted octanol–water partition coefficient (Wildman–Crippen LogP) is 2.11. The van der Waals surface area contributed by atoms with Gasteiger partial charge in [-0.2, -0.15) is 0 Å². The molecule has 0 saturated heterocycles. The number of nitrogens with zero attached hydrogens (tertiary/aromatic N) is 1. The van der Waals surface area contributed by atoms with Crippen LogP contribution in [0.5, 0.6) is 0 Å². The smallest absolute Gasteiger partial charge is 0.186 e. The number of hydrogen-bond donors (Lipinski definition) is 2. The van der Waals surface area contributed by atoms with E-state index < -0.39 is 11.1 Å². The lowest BCUT2D eigenvalue weighted by Crippen LogP contribution is -1.87. The third-order valence-corrected chi connectivity index (χ3v) is 3.40. The molecule has 0 fully saturated rings. The van der Waals surface area contributed by atoms with Crippen LogP contribution in [-0.2, 0) is 11.1 Å². The number of hydrogen-bond acceptors (Lipinski definition) is 4. The second-order valence-electron chi connectivity index (χ2n) is 2.55. The molecule has 74 valence electrons. The summed E-state index contributed by atoms with van der Waals surface area (Å²) >= 11 is 5.06. The zero-order chi connectivity index (χ0) is 10.3. The van der Waals surface area contributed by atoms with Crippen LogP contribution >= 0.6 is 22.9 Å². The van der Waals surface area contributed by atoms with Crippen LogP contribution in [-0.4, -0.2) is 13.7 Å². The highest BCUT2D eigenvalue weighted by molar-refractivity contribution is 7.79. The van der Waals surface area contributed by atoms with E-state index in [1.165, 1.54) is 17.4 Å². The monoisotopic (exact) mass is 248 g/mol. The highest BCUT2D eigenvalue weighted by atomic mass is 35.5. The van der Waals surface area contributed by atoms with Crippen LogP contribution in [0.15, 0.2) is 17.0 Å². The van der Waals surface area contributed by atoms with Gasteiger partial charge in [-0.05, 0) is 12.1 Å². The highest BCUT2D eigenvalue weighted by Crippen LogP contribution is 2.31.